The molecule has 0 aromatic heterocycles. The predicted octanol–water partition coefficient (Wildman–Crippen LogP) is 4.67. The van der Waals surface area contributed by atoms with Crippen LogP contribution < -0.4 is 10.1 Å². The van der Waals surface area contributed by atoms with Crippen LogP contribution in [0.25, 0.3) is 0 Å². The van der Waals surface area contributed by atoms with Gasteiger partial charge in [0.15, 0.2) is 0 Å². The zero-order valence-electron chi connectivity index (χ0n) is 13.0. The largest absolute Gasteiger partial charge is 0.497 e. The second-order valence-electron chi connectivity index (χ2n) is 6.10. The molecule has 0 radical (unpaired) electrons. The summed E-state index contributed by atoms with van der Waals surface area (Å²) < 4.78 is 5.25. The summed E-state index contributed by atoms with van der Waals surface area (Å²) in [6, 6.07) is 15.7. The lowest BCUT2D eigenvalue weighted by Crippen LogP contribution is -2.34. The lowest BCUT2D eigenvalue weighted by Gasteiger charge is -2.37. The number of ether oxygens (including phenoxy) is 1. The average molecular weight is 281 g/mol. The van der Waals surface area contributed by atoms with Crippen molar-refractivity contribution in [2.75, 3.05) is 12.4 Å². The fraction of sp³-hybridized carbons (Fsp3) is 0.368. The van der Waals surface area contributed by atoms with E-state index in [1.807, 2.05) is 6.07 Å². The first-order valence-corrected chi connectivity index (χ1v) is 7.63. The van der Waals surface area contributed by atoms with Crippen LogP contribution in [0.15, 0.2) is 42.5 Å². The second kappa shape index (κ2) is 5.80. The molecule has 0 bridgehead atoms. The Morgan fingerprint density at radius 2 is 1.86 bits per heavy atom. The molecule has 1 aliphatic rings. The molecule has 0 spiro atoms. The molecular weight excluding hydrogens is 258 g/mol. The first-order chi connectivity index (χ1) is 10.2. The maximum absolute atomic E-state index is 5.25. The quantitative estimate of drug-likeness (QED) is 0.879. The van der Waals surface area contributed by atoms with Crippen molar-refractivity contribution in [3.8, 4) is 5.75 Å². The van der Waals surface area contributed by atoms with Crippen LogP contribution in [0, 0.1) is 13.8 Å². The summed E-state index contributed by atoms with van der Waals surface area (Å²) in [5.41, 5.74) is 5.31. The molecule has 2 aromatic rings. The molecule has 2 aromatic carbocycles. The van der Waals surface area contributed by atoms with Gasteiger partial charge in [0.05, 0.1) is 7.11 Å². The van der Waals surface area contributed by atoms with Crippen molar-refractivity contribution < 1.29 is 4.74 Å². The van der Waals surface area contributed by atoms with Gasteiger partial charge in [-0.15, -0.1) is 0 Å². The molecule has 1 saturated carbocycles. The van der Waals surface area contributed by atoms with E-state index < -0.39 is 0 Å². The Morgan fingerprint density at radius 3 is 2.52 bits per heavy atom. The van der Waals surface area contributed by atoms with Gasteiger partial charge in [0.25, 0.3) is 0 Å². The van der Waals surface area contributed by atoms with E-state index in [1.54, 1.807) is 7.11 Å². The molecule has 2 heteroatoms. The van der Waals surface area contributed by atoms with E-state index in [0.717, 1.165) is 5.75 Å². The number of aryl methyl sites for hydroxylation is 2. The highest BCUT2D eigenvalue weighted by molar-refractivity contribution is 5.54. The smallest absolute Gasteiger partial charge is 0.119 e. The lowest BCUT2D eigenvalue weighted by molar-refractivity contribution is 0.374. The van der Waals surface area contributed by atoms with Gasteiger partial charge < -0.3 is 10.1 Å². The zero-order chi connectivity index (χ0) is 14.8. The Labute approximate surface area is 127 Å². The van der Waals surface area contributed by atoms with E-state index in [9.17, 15) is 0 Å². The normalized spacial score (nSPS) is 20.7. The number of hydrogen-bond donors (Lipinski definition) is 1. The molecule has 1 fully saturated rings. The van der Waals surface area contributed by atoms with Crippen molar-refractivity contribution in [3.05, 3.63) is 59.2 Å². The van der Waals surface area contributed by atoms with Crippen molar-refractivity contribution in [2.45, 2.75) is 38.6 Å². The Kier molecular flexibility index (Phi) is 3.87. The van der Waals surface area contributed by atoms with Crippen LogP contribution in [0.4, 0.5) is 5.69 Å². The van der Waals surface area contributed by atoms with Gasteiger partial charge in [-0.1, -0.05) is 29.8 Å². The molecule has 1 aliphatic carbocycles. The first-order valence-electron chi connectivity index (χ1n) is 7.63. The summed E-state index contributed by atoms with van der Waals surface area (Å²) in [4.78, 5) is 0. The van der Waals surface area contributed by atoms with Crippen LogP contribution in [0.1, 0.15) is 35.4 Å². The minimum Gasteiger partial charge on any atom is -0.497 e. The maximum atomic E-state index is 5.25. The topological polar surface area (TPSA) is 21.3 Å². The standard InChI is InChI=1S/C19H23NO/c1-13-5-4-6-15(9-13)16-11-17(12-16)20-19-8-7-18(21-3)10-14(19)2/h4-10,16-17,20H,11-12H2,1-3H3. The molecule has 0 unspecified atom stereocenters. The summed E-state index contributed by atoms with van der Waals surface area (Å²) in [5, 5.41) is 3.66. The minimum absolute atomic E-state index is 0.586. The monoisotopic (exact) mass is 281 g/mol. The number of hydrogen-bond acceptors (Lipinski definition) is 2. The number of rotatable bonds is 4. The third kappa shape index (κ3) is 3.05. The third-order valence-corrected chi connectivity index (χ3v) is 4.44. The van der Waals surface area contributed by atoms with Crippen molar-refractivity contribution in [2.24, 2.45) is 0 Å². The van der Waals surface area contributed by atoms with E-state index >= 15 is 0 Å². The summed E-state index contributed by atoms with van der Waals surface area (Å²) in [5.74, 6) is 1.63. The Hall–Kier alpha value is -1.96. The molecule has 0 amide bonds. The SMILES string of the molecule is COc1ccc(NC2CC(c3cccc(C)c3)C2)c(C)c1. The van der Waals surface area contributed by atoms with Crippen LogP contribution >= 0.6 is 0 Å². The second-order valence-corrected chi connectivity index (χ2v) is 6.10. The Bertz CT molecular complexity index is 629. The fourth-order valence-corrected chi connectivity index (χ4v) is 3.08. The molecule has 110 valence electrons. The first kappa shape index (κ1) is 14.0. The number of nitrogens with one attached hydrogen (secondary N) is 1. The Balaban J connectivity index is 1.60. The molecule has 2 nitrogen and oxygen atoms in total. The van der Waals surface area contributed by atoms with Gasteiger partial charge in [-0.3, -0.25) is 0 Å². The summed E-state index contributed by atoms with van der Waals surface area (Å²) >= 11 is 0. The minimum atomic E-state index is 0.586. The van der Waals surface area contributed by atoms with Crippen molar-refractivity contribution in [1.29, 1.82) is 0 Å². The van der Waals surface area contributed by atoms with Gasteiger partial charge in [0.1, 0.15) is 5.75 Å². The molecule has 1 N–H and O–H groups in total. The van der Waals surface area contributed by atoms with Gasteiger partial charge in [0.2, 0.25) is 0 Å². The molecule has 0 aliphatic heterocycles. The number of anilines is 1. The van der Waals surface area contributed by atoms with E-state index in [1.165, 1.54) is 35.2 Å². The summed E-state index contributed by atoms with van der Waals surface area (Å²) in [7, 11) is 1.71. The van der Waals surface area contributed by atoms with Crippen molar-refractivity contribution in [1.82, 2.24) is 0 Å². The van der Waals surface area contributed by atoms with Crippen molar-refractivity contribution in [3.63, 3.8) is 0 Å². The van der Waals surface area contributed by atoms with Gasteiger partial charge in [-0.2, -0.15) is 0 Å². The van der Waals surface area contributed by atoms with Crippen LogP contribution in [0.5, 0.6) is 5.75 Å². The highest BCUT2D eigenvalue weighted by Crippen LogP contribution is 2.39. The number of benzene rings is 2. The van der Waals surface area contributed by atoms with Gasteiger partial charge in [0, 0.05) is 11.7 Å². The summed E-state index contributed by atoms with van der Waals surface area (Å²) in [6.07, 6.45) is 2.43. The molecule has 0 heterocycles. The van der Waals surface area contributed by atoms with Crippen molar-refractivity contribution >= 4 is 5.69 Å². The molecule has 3 rings (SSSR count). The van der Waals surface area contributed by atoms with Gasteiger partial charge in [-0.25, -0.2) is 0 Å². The van der Waals surface area contributed by atoms with E-state index in [4.69, 9.17) is 4.74 Å². The van der Waals surface area contributed by atoms with Crippen LogP contribution in [-0.2, 0) is 0 Å². The van der Waals surface area contributed by atoms with E-state index in [2.05, 4.69) is 55.6 Å². The predicted molar refractivity (Wildman–Crippen MR) is 88.3 cm³/mol. The molecule has 0 atom stereocenters. The maximum Gasteiger partial charge on any atom is 0.119 e. The third-order valence-electron chi connectivity index (χ3n) is 4.44. The number of methoxy groups -OCH3 is 1. The van der Waals surface area contributed by atoms with Crippen LogP contribution in [-0.4, -0.2) is 13.2 Å². The molecule has 21 heavy (non-hydrogen) atoms. The van der Waals surface area contributed by atoms with Crippen LogP contribution in [0.3, 0.4) is 0 Å². The van der Waals surface area contributed by atoms with Gasteiger partial charge >= 0.3 is 0 Å². The average Bonchev–Trinajstić information content (AvgIpc) is 2.43. The highest BCUT2D eigenvalue weighted by Gasteiger charge is 2.30. The lowest BCUT2D eigenvalue weighted by atomic mass is 9.75. The highest BCUT2D eigenvalue weighted by atomic mass is 16.5. The van der Waals surface area contributed by atoms with Gasteiger partial charge in [-0.05, 0) is 61.9 Å². The van der Waals surface area contributed by atoms with E-state index in [0.29, 0.717) is 12.0 Å². The zero-order valence-corrected chi connectivity index (χ0v) is 13.0. The van der Waals surface area contributed by atoms with Crippen LogP contribution in [0.2, 0.25) is 0 Å². The fourth-order valence-electron chi connectivity index (χ4n) is 3.08. The molecule has 0 saturated heterocycles. The Morgan fingerprint density at radius 1 is 1.05 bits per heavy atom. The summed E-state index contributed by atoms with van der Waals surface area (Å²) in [6.45, 7) is 4.29. The van der Waals surface area contributed by atoms with E-state index in [-0.39, 0.29) is 0 Å². The molecular formula is C19H23NO.